The highest BCUT2D eigenvalue weighted by atomic mass is 16.5. The van der Waals surface area contributed by atoms with Crippen LogP contribution in [-0.2, 0) is 9.53 Å². The first-order chi connectivity index (χ1) is 12.5. The summed E-state index contributed by atoms with van der Waals surface area (Å²) in [7, 11) is 0. The molecule has 1 aromatic rings. The molecular weight excluding hydrogens is 330 g/mol. The lowest BCUT2D eigenvalue weighted by Crippen LogP contribution is -3.10. The SMILES string of the molecule is CCOC(=O)C1=C(C[NH+]2CCCC2)NC(=O)N[C@H]1c1ccc(C)cc1C. The average Bonchev–Trinajstić information content (AvgIpc) is 3.07. The van der Waals surface area contributed by atoms with Crippen LogP contribution in [0.1, 0.15) is 42.5 Å². The van der Waals surface area contributed by atoms with Crippen molar-refractivity contribution in [3.63, 3.8) is 0 Å². The molecular formula is C20H28N3O3+. The van der Waals surface area contributed by atoms with Gasteiger partial charge in [-0.2, -0.15) is 0 Å². The van der Waals surface area contributed by atoms with Crippen molar-refractivity contribution in [3.05, 3.63) is 46.2 Å². The lowest BCUT2D eigenvalue weighted by molar-refractivity contribution is -0.882. The Kier molecular flexibility index (Phi) is 5.61. The van der Waals surface area contributed by atoms with Crippen LogP contribution in [-0.4, -0.2) is 38.2 Å². The Hall–Kier alpha value is -2.34. The summed E-state index contributed by atoms with van der Waals surface area (Å²) < 4.78 is 5.33. The van der Waals surface area contributed by atoms with E-state index in [9.17, 15) is 9.59 Å². The normalized spacial score (nSPS) is 20.7. The Bertz CT molecular complexity index is 736. The second-order valence-electron chi connectivity index (χ2n) is 7.14. The second-order valence-corrected chi connectivity index (χ2v) is 7.14. The topological polar surface area (TPSA) is 71.9 Å². The van der Waals surface area contributed by atoms with E-state index in [1.54, 1.807) is 6.92 Å². The quantitative estimate of drug-likeness (QED) is 0.692. The number of ether oxygens (including phenoxy) is 1. The molecule has 0 saturated carbocycles. The van der Waals surface area contributed by atoms with Crippen LogP contribution >= 0.6 is 0 Å². The molecule has 3 rings (SSSR count). The number of carbonyl (C=O) groups is 2. The zero-order valence-electron chi connectivity index (χ0n) is 15.8. The summed E-state index contributed by atoms with van der Waals surface area (Å²) in [5.74, 6) is -0.362. The van der Waals surface area contributed by atoms with E-state index in [0.717, 1.165) is 29.8 Å². The molecule has 2 amide bonds. The van der Waals surface area contributed by atoms with Crippen molar-refractivity contribution < 1.29 is 19.2 Å². The maximum atomic E-state index is 12.8. The largest absolute Gasteiger partial charge is 0.463 e. The Morgan fingerprint density at radius 1 is 1.27 bits per heavy atom. The molecule has 2 heterocycles. The van der Waals surface area contributed by atoms with Crippen LogP contribution in [0.15, 0.2) is 29.5 Å². The van der Waals surface area contributed by atoms with Crippen LogP contribution in [0.3, 0.4) is 0 Å². The number of rotatable bonds is 5. The van der Waals surface area contributed by atoms with Crippen molar-refractivity contribution in [2.45, 2.75) is 39.7 Å². The van der Waals surface area contributed by atoms with E-state index in [0.29, 0.717) is 24.4 Å². The van der Waals surface area contributed by atoms with Crippen LogP contribution in [0.4, 0.5) is 4.79 Å². The van der Waals surface area contributed by atoms with Gasteiger partial charge in [0.2, 0.25) is 0 Å². The first-order valence-corrected chi connectivity index (χ1v) is 9.38. The lowest BCUT2D eigenvalue weighted by Gasteiger charge is -2.30. The minimum Gasteiger partial charge on any atom is -0.463 e. The van der Waals surface area contributed by atoms with Crippen molar-refractivity contribution in [3.8, 4) is 0 Å². The van der Waals surface area contributed by atoms with Gasteiger partial charge in [0.05, 0.1) is 37.0 Å². The van der Waals surface area contributed by atoms with Gasteiger partial charge in [-0.25, -0.2) is 9.59 Å². The molecule has 1 saturated heterocycles. The molecule has 0 aliphatic carbocycles. The molecule has 0 spiro atoms. The summed E-state index contributed by atoms with van der Waals surface area (Å²) >= 11 is 0. The number of urea groups is 1. The monoisotopic (exact) mass is 358 g/mol. The highest BCUT2D eigenvalue weighted by Crippen LogP contribution is 2.30. The second kappa shape index (κ2) is 7.91. The molecule has 0 radical (unpaired) electrons. The third-order valence-electron chi connectivity index (χ3n) is 5.12. The van der Waals surface area contributed by atoms with Gasteiger partial charge in [0.1, 0.15) is 6.54 Å². The number of carbonyl (C=O) groups excluding carboxylic acids is 2. The number of likely N-dealkylation sites (tertiary alicyclic amines) is 1. The van der Waals surface area contributed by atoms with Crippen molar-refractivity contribution in [2.24, 2.45) is 0 Å². The molecule has 3 N–H and O–H groups in total. The van der Waals surface area contributed by atoms with E-state index in [-0.39, 0.29) is 12.0 Å². The molecule has 26 heavy (non-hydrogen) atoms. The molecule has 140 valence electrons. The number of hydrogen-bond acceptors (Lipinski definition) is 3. The zero-order chi connectivity index (χ0) is 18.7. The van der Waals surface area contributed by atoms with Crippen LogP contribution in [0.5, 0.6) is 0 Å². The van der Waals surface area contributed by atoms with Gasteiger partial charge < -0.3 is 20.3 Å². The summed E-state index contributed by atoms with van der Waals surface area (Å²) in [6.07, 6.45) is 2.37. The Labute approximate surface area is 154 Å². The third kappa shape index (κ3) is 3.90. The van der Waals surface area contributed by atoms with Gasteiger partial charge in [-0.05, 0) is 31.9 Å². The smallest absolute Gasteiger partial charge is 0.338 e. The van der Waals surface area contributed by atoms with Crippen molar-refractivity contribution in [1.29, 1.82) is 0 Å². The fraction of sp³-hybridized carbons (Fsp3) is 0.500. The Morgan fingerprint density at radius 2 is 2.00 bits per heavy atom. The van der Waals surface area contributed by atoms with Gasteiger partial charge in [-0.3, -0.25) is 0 Å². The predicted molar refractivity (Wildman–Crippen MR) is 98.8 cm³/mol. The highest BCUT2D eigenvalue weighted by Gasteiger charge is 2.36. The molecule has 1 fully saturated rings. The molecule has 6 nitrogen and oxygen atoms in total. The Balaban J connectivity index is 2.03. The predicted octanol–water partition coefficient (Wildman–Crippen LogP) is 1.15. The van der Waals surface area contributed by atoms with E-state index >= 15 is 0 Å². The molecule has 2 aliphatic heterocycles. The molecule has 0 bridgehead atoms. The van der Waals surface area contributed by atoms with Gasteiger partial charge in [-0.1, -0.05) is 23.8 Å². The average molecular weight is 358 g/mol. The van der Waals surface area contributed by atoms with Gasteiger partial charge in [0, 0.05) is 12.8 Å². The van der Waals surface area contributed by atoms with Crippen LogP contribution in [0, 0.1) is 13.8 Å². The van der Waals surface area contributed by atoms with E-state index in [4.69, 9.17) is 4.74 Å². The van der Waals surface area contributed by atoms with Gasteiger partial charge in [0.25, 0.3) is 0 Å². The highest BCUT2D eigenvalue weighted by molar-refractivity contribution is 5.95. The van der Waals surface area contributed by atoms with Crippen molar-refractivity contribution >= 4 is 12.0 Å². The minimum absolute atomic E-state index is 0.267. The van der Waals surface area contributed by atoms with E-state index in [1.165, 1.54) is 17.7 Å². The van der Waals surface area contributed by atoms with Crippen LogP contribution in [0.25, 0.3) is 0 Å². The number of quaternary nitrogens is 1. The lowest BCUT2D eigenvalue weighted by atomic mass is 9.91. The van der Waals surface area contributed by atoms with Crippen LogP contribution < -0.4 is 15.5 Å². The number of aryl methyl sites for hydroxylation is 2. The molecule has 6 heteroatoms. The summed E-state index contributed by atoms with van der Waals surface area (Å²) in [5.41, 5.74) is 4.34. The van der Waals surface area contributed by atoms with Gasteiger partial charge >= 0.3 is 12.0 Å². The summed E-state index contributed by atoms with van der Waals surface area (Å²) in [5, 5.41) is 5.79. The summed E-state index contributed by atoms with van der Waals surface area (Å²) in [6.45, 7) is 8.91. The molecule has 0 unspecified atom stereocenters. The van der Waals surface area contributed by atoms with E-state index in [1.807, 2.05) is 26.0 Å². The molecule has 1 aromatic carbocycles. The number of esters is 1. The Morgan fingerprint density at radius 3 is 2.65 bits per heavy atom. The fourth-order valence-corrected chi connectivity index (χ4v) is 3.89. The number of benzene rings is 1. The minimum atomic E-state index is -0.486. The molecule has 2 aliphatic rings. The number of amides is 2. The summed E-state index contributed by atoms with van der Waals surface area (Å²) in [4.78, 5) is 26.5. The fourth-order valence-electron chi connectivity index (χ4n) is 3.89. The third-order valence-corrected chi connectivity index (χ3v) is 5.12. The standard InChI is InChI=1S/C20H27N3O3/c1-4-26-19(24)17-16(12-23-9-5-6-10-23)21-20(25)22-18(17)15-8-7-13(2)11-14(15)3/h7-8,11,18H,4-6,9-10,12H2,1-3H3,(H2,21,22,25)/p+1/t18-/m0/s1. The van der Waals surface area contributed by atoms with Crippen molar-refractivity contribution in [1.82, 2.24) is 10.6 Å². The first-order valence-electron chi connectivity index (χ1n) is 9.38. The number of hydrogen-bond donors (Lipinski definition) is 3. The summed E-state index contributed by atoms with van der Waals surface area (Å²) in [6, 6.07) is 5.31. The molecule has 0 aromatic heterocycles. The van der Waals surface area contributed by atoms with E-state index in [2.05, 4.69) is 16.7 Å². The van der Waals surface area contributed by atoms with Gasteiger partial charge in [-0.15, -0.1) is 0 Å². The first kappa shape index (κ1) is 18.5. The molecule has 1 atom stereocenters. The maximum absolute atomic E-state index is 12.8. The van der Waals surface area contributed by atoms with Crippen molar-refractivity contribution in [2.75, 3.05) is 26.2 Å². The maximum Gasteiger partial charge on any atom is 0.338 e. The zero-order valence-corrected chi connectivity index (χ0v) is 15.8. The van der Waals surface area contributed by atoms with Crippen LogP contribution in [0.2, 0.25) is 0 Å². The van der Waals surface area contributed by atoms with E-state index < -0.39 is 6.04 Å². The van der Waals surface area contributed by atoms with Gasteiger partial charge in [0.15, 0.2) is 0 Å². The number of nitrogens with one attached hydrogen (secondary N) is 3.